The number of benzene rings is 1. The molecule has 6 nitrogen and oxygen atoms in total. The van der Waals surface area contributed by atoms with E-state index < -0.39 is 11.1 Å². The number of para-hydroxylation sites is 1. The summed E-state index contributed by atoms with van der Waals surface area (Å²) >= 11 is 6.11. The SMILES string of the molecule is CC(C)(COc1ccccc1Cl)NC(=O)[C@H]1[C@@H]2CN(C(=O)OC(C)(C)C)C[C@@H]21. The Bertz CT molecular complexity index is 747. The smallest absolute Gasteiger partial charge is 0.410 e. The highest BCUT2D eigenvalue weighted by atomic mass is 35.5. The van der Waals surface area contributed by atoms with Crippen molar-refractivity contribution in [2.75, 3.05) is 19.7 Å². The number of carbonyl (C=O) groups is 2. The summed E-state index contributed by atoms with van der Waals surface area (Å²) in [5, 5.41) is 3.62. The van der Waals surface area contributed by atoms with Gasteiger partial charge in [0.25, 0.3) is 0 Å². The molecule has 3 atom stereocenters. The Labute approximate surface area is 171 Å². The topological polar surface area (TPSA) is 67.9 Å². The van der Waals surface area contributed by atoms with Gasteiger partial charge >= 0.3 is 6.09 Å². The van der Waals surface area contributed by atoms with Gasteiger partial charge in [0.05, 0.1) is 10.6 Å². The summed E-state index contributed by atoms with van der Waals surface area (Å²) in [6.45, 7) is 10.9. The molecule has 1 saturated heterocycles. The minimum Gasteiger partial charge on any atom is -0.490 e. The maximum Gasteiger partial charge on any atom is 0.410 e. The van der Waals surface area contributed by atoms with E-state index >= 15 is 0 Å². The number of amides is 2. The Morgan fingerprint density at radius 2 is 1.75 bits per heavy atom. The number of halogens is 1. The van der Waals surface area contributed by atoms with Crippen molar-refractivity contribution >= 4 is 23.6 Å². The number of piperidine rings is 1. The summed E-state index contributed by atoms with van der Waals surface area (Å²) < 4.78 is 11.2. The van der Waals surface area contributed by atoms with Gasteiger partial charge in [-0.3, -0.25) is 4.79 Å². The fourth-order valence-corrected chi connectivity index (χ4v) is 3.85. The molecule has 2 aliphatic rings. The van der Waals surface area contributed by atoms with Crippen LogP contribution in [0.3, 0.4) is 0 Å². The van der Waals surface area contributed by atoms with E-state index in [-0.39, 0.29) is 29.8 Å². The van der Waals surface area contributed by atoms with E-state index in [1.54, 1.807) is 17.0 Å². The quantitative estimate of drug-likeness (QED) is 0.806. The summed E-state index contributed by atoms with van der Waals surface area (Å²) in [4.78, 5) is 26.6. The van der Waals surface area contributed by atoms with Gasteiger partial charge in [0, 0.05) is 19.0 Å². The van der Waals surface area contributed by atoms with Crippen molar-refractivity contribution in [2.24, 2.45) is 17.8 Å². The Hall–Kier alpha value is -1.95. The van der Waals surface area contributed by atoms with Gasteiger partial charge in [-0.05, 0) is 58.6 Å². The van der Waals surface area contributed by atoms with Crippen LogP contribution in [0.2, 0.25) is 5.02 Å². The second kappa shape index (κ2) is 7.47. The zero-order valence-corrected chi connectivity index (χ0v) is 17.9. The van der Waals surface area contributed by atoms with E-state index in [1.165, 1.54) is 0 Å². The van der Waals surface area contributed by atoms with Gasteiger partial charge in [-0.15, -0.1) is 0 Å². The summed E-state index contributed by atoms with van der Waals surface area (Å²) in [6.07, 6.45) is -0.299. The van der Waals surface area contributed by atoms with Crippen LogP contribution < -0.4 is 10.1 Å². The molecule has 1 N–H and O–H groups in total. The van der Waals surface area contributed by atoms with Crippen LogP contribution in [0.15, 0.2) is 24.3 Å². The van der Waals surface area contributed by atoms with Crippen LogP contribution in [0.5, 0.6) is 5.75 Å². The molecule has 0 bridgehead atoms. The van der Waals surface area contributed by atoms with Gasteiger partial charge in [-0.1, -0.05) is 23.7 Å². The highest BCUT2D eigenvalue weighted by Gasteiger charge is 2.61. The van der Waals surface area contributed by atoms with Crippen LogP contribution in [0.25, 0.3) is 0 Å². The number of nitrogens with one attached hydrogen (secondary N) is 1. The van der Waals surface area contributed by atoms with E-state index in [1.807, 2.05) is 46.8 Å². The fourth-order valence-electron chi connectivity index (χ4n) is 3.66. The van der Waals surface area contributed by atoms with Gasteiger partial charge < -0.3 is 19.7 Å². The molecule has 1 aromatic rings. The molecule has 28 heavy (non-hydrogen) atoms. The summed E-state index contributed by atoms with van der Waals surface area (Å²) in [6, 6.07) is 7.27. The molecule has 3 rings (SSSR count). The highest BCUT2D eigenvalue weighted by Crippen LogP contribution is 2.52. The van der Waals surface area contributed by atoms with Crippen LogP contribution in [0, 0.1) is 17.8 Å². The molecule has 1 heterocycles. The number of rotatable bonds is 5. The molecule has 1 aliphatic heterocycles. The lowest BCUT2D eigenvalue weighted by Gasteiger charge is -2.28. The fraction of sp³-hybridized carbons (Fsp3) is 0.619. The number of likely N-dealkylation sites (tertiary alicyclic amines) is 1. The first kappa shape index (κ1) is 20.8. The molecule has 7 heteroatoms. The van der Waals surface area contributed by atoms with Gasteiger partial charge in [-0.25, -0.2) is 4.79 Å². The molecule has 1 aromatic carbocycles. The minimum atomic E-state index is -0.530. The molecule has 154 valence electrons. The average Bonchev–Trinajstić information content (AvgIpc) is 3.07. The maximum atomic E-state index is 12.7. The molecule has 1 saturated carbocycles. The van der Waals surface area contributed by atoms with E-state index in [0.29, 0.717) is 30.5 Å². The van der Waals surface area contributed by atoms with Crippen molar-refractivity contribution in [3.05, 3.63) is 29.3 Å². The molecule has 1 aliphatic carbocycles. The number of ether oxygens (including phenoxy) is 2. The zero-order chi connectivity index (χ0) is 20.7. The predicted octanol–water partition coefficient (Wildman–Crippen LogP) is 3.73. The zero-order valence-electron chi connectivity index (χ0n) is 17.1. The number of carbonyl (C=O) groups excluding carboxylic acids is 2. The van der Waals surface area contributed by atoms with Gasteiger partial charge in [-0.2, -0.15) is 0 Å². The second-order valence-electron chi connectivity index (χ2n) is 9.33. The van der Waals surface area contributed by atoms with Crippen LogP contribution in [0.1, 0.15) is 34.6 Å². The summed E-state index contributed by atoms with van der Waals surface area (Å²) in [5.74, 6) is 1.01. The Kier molecular flexibility index (Phi) is 5.54. The Balaban J connectivity index is 1.46. The van der Waals surface area contributed by atoms with Crippen LogP contribution >= 0.6 is 11.6 Å². The van der Waals surface area contributed by atoms with E-state index in [4.69, 9.17) is 21.1 Å². The van der Waals surface area contributed by atoms with E-state index in [9.17, 15) is 9.59 Å². The minimum absolute atomic E-state index is 0.0200. The van der Waals surface area contributed by atoms with Crippen molar-refractivity contribution in [1.82, 2.24) is 10.2 Å². The lowest BCUT2D eigenvalue weighted by Crippen LogP contribution is -2.49. The molecule has 0 spiro atoms. The Morgan fingerprint density at radius 1 is 1.14 bits per heavy atom. The number of hydrogen-bond acceptors (Lipinski definition) is 4. The lowest BCUT2D eigenvalue weighted by molar-refractivity contribution is -0.125. The highest BCUT2D eigenvalue weighted by molar-refractivity contribution is 6.32. The van der Waals surface area contributed by atoms with E-state index in [2.05, 4.69) is 5.32 Å². The van der Waals surface area contributed by atoms with Crippen molar-refractivity contribution in [3.8, 4) is 5.75 Å². The maximum absolute atomic E-state index is 12.7. The van der Waals surface area contributed by atoms with Crippen molar-refractivity contribution in [2.45, 2.75) is 45.8 Å². The standard InChI is InChI=1S/C21H29ClN2O4/c1-20(2,3)28-19(26)24-10-13-14(11-24)17(13)18(25)23-21(4,5)12-27-16-9-7-6-8-15(16)22/h6-9,13-14,17H,10-12H2,1-5H3,(H,23,25)/t13-,14+,17+. The largest absolute Gasteiger partial charge is 0.490 e. The number of fused-ring (bicyclic) bond motifs is 1. The average molecular weight is 409 g/mol. The number of nitrogens with zero attached hydrogens (tertiary/aromatic N) is 1. The van der Waals surface area contributed by atoms with E-state index in [0.717, 1.165) is 0 Å². The first-order valence-electron chi connectivity index (χ1n) is 9.64. The second-order valence-corrected chi connectivity index (χ2v) is 9.74. The third-order valence-electron chi connectivity index (χ3n) is 5.04. The first-order valence-corrected chi connectivity index (χ1v) is 10.0. The third kappa shape index (κ3) is 4.90. The molecule has 0 unspecified atom stereocenters. The molecular formula is C21H29ClN2O4. The number of hydrogen-bond donors (Lipinski definition) is 1. The predicted molar refractivity (Wildman–Crippen MR) is 107 cm³/mol. The van der Waals surface area contributed by atoms with Gasteiger partial charge in [0.15, 0.2) is 0 Å². The molecule has 2 amide bonds. The van der Waals surface area contributed by atoms with Crippen molar-refractivity contribution < 1.29 is 19.1 Å². The van der Waals surface area contributed by atoms with Gasteiger partial charge in [0.2, 0.25) is 5.91 Å². The molecular weight excluding hydrogens is 380 g/mol. The molecule has 2 fully saturated rings. The Morgan fingerprint density at radius 3 is 2.32 bits per heavy atom. The normalized spacial score (nSPS) is 23.8. The third-order valence-corrected chi connectivity index (χ3v) is 5.35. The van der Waals surface area contributed by atoms with Gasteiger partial charge in [0.1, 0.15) is 18.0 Å². The molecule has 0 aromatic heterocycles. The lowest BCUT2D eigenvalue weighted by atomic mass is 10.1. The summed E-state index contributed by atoms with van der Waals surface area (Å²) in [5.41, 5.74) is -1.04. The monoisotopic (exact) mass is 408 g/mol. The van der Waals surface area contributed by atoms with Crippen molar-refractivity contribution in [1.29, 1.82) is 0 Å². The first-order chi connectivity index (χ1) is 13.0. The summed E-state index contributed by atoms with van der Waals surface area (Å²) in [7, 11) is 0. The van der Waals surface area contributed by atoms with Crippen LogP contribution in [0.4, 0.5) is 4.79 Å². The van der Waals surface area contributed by atoms with Crippen LogP contribution in [-0.4, -0.2) is 47.7 Å². The van der Waals surface area contributed by atoms with Crippen LogP contribution in [-0.2, 0) is 9.53 Å². The van der Waals surface area contributed by atoms with Crippen molar-refractivity contribution in [3.63, 3.8) is 0 Å². The molecule has 0 radical (unpaired) electrons.